The molecule has 0 aromatic heterocycles. The molecule has 0 saturated heterocycles. The highest BCUT2D eigenvalue weighted by Crippen LogP contribution is 2.22. The molecule has 0 fully saturated rings. The van der Waals surface area contributed by atoms with Crippen molar-refractivity contribution in [2.45, 2.75) is 26.4 Å². The molecule has 1 amide bonds. The number of nitrogens with zero attached hydrogens (tertiary/aromatic N) is 1. The van der Waals surface area contributed by atoms with Crippen molar-refractivity contribution in [1.29, 1.82) is 0 Å². The summed E-state index contributed by atoms with van der Waals surface area (Å²) in [5, 5.41) is 22.8. The summed E-state index contributed by atoms with van der Waals surface area (Å²) < 4.78 is 0. The van der Waals surface area contributed by atoms with E-state index in [1.807, 2.05) is 13.8 Å². The maximum absolute atomic E-state index is 11.9. The molecule has 1 aromatic carbocycles. The molecule has 20 heavy (non-hydrogen) atoms. The number of non-ortho nitro benzene ring substituents is 1. The van der Waals surface area contributed by atoms with E-state index in [2.05, 4.69) is 5.32 Å². The SMILES string of the molecule is CC(C)CC(O)CNC(=O)c1ccc([N+](=O)[O-])cc1Cl. The summed E-state index contributed by atoms with van der Waals surface area (Å²) >= 11 is 5.84. The molecule has 7 heteroatoms. The molecule has 0 radical (unpaired) electrons. The number of aliphatic hydroxyl groups excluding tert-OH is 1. The average Bonchev–Trinajstić information content (AvgIpc) is 2.34. The number of nitro groups is 1. The van der Waals surface area contributed by atoms with E-state index in [1.54, 1.807) is 0 Å². The quantitative estimate of drug-likeness (QED) is 0.623. The van der Waals surface area contributed by atoms with Gasteiger partial charge in [-0.3, -0.25) is 14.9 Å². The second-order valence-corrected chi connectivity index (χ2v) is 5.32. The van der Waals surface area contributed by atoms with E-state index in [9.17, 15) is 20.0 Å². The number of benzene rings is 1. The minimum absolute atomic E-state index is 0.00930. The zero-order valence-corrected chi connectivity index (χ0v) is 12.1. The van der Waals surface area contributed by atoms with Crippen molar-refractivity contribution >= 4 is 23.2 Å². The zero-order chi connectivity index (χ0) is 15.3. The number of aliphatic hydroxyl groups is 1. The van der Waals surface area contributed by atoms with Gasteiger partial charge < -0.3 is 10.4 Å². The Kier molecular flexibility index (Phi) is 5.91. The maximum Gasteiger partial charge on any atom is 0.270 e. The first kappa shape index (κ1) is 16.4. The summed E-state index contributed by atoms with van der Waals surface area (Å²) in [5.74, 6) is -0.141. The van der Waals surface area contributed by atoms with Crippen LogP contribution < -0.4 is 5.32 Å². The van der Waals surface area contributed by atoms with Crippen LogP contribution in [-0.2, 0) is 0 Å². The van der Waals surface area contributed by atoms with Gasteiger partial charge in [-0.05, 0) is 18.4 Å². The number of amides is 1. The van der Waals surface area contributed by atoms with Crippen molar-refractivity contribution < 1.29 is 14.8 Å². The Balaban J connectivity index is 2.66. The third-order valence-electron chi connectivity index (χ3n) is 2.65. The van der Waals surface area contributed by atoms with E-state index in [0.717, 1.165) is 6.07 Å². The molecule has 0 heterocycles. The lowest BCUT2D eigenvalue weighted by atomic mass is 10.1. The van der Waals surface area contributed by atoms with Gasteiger partial charge in [-0.1, -0.05) is 25.4 Å². The molecule has 1 unspecified atom stereocenters. The molecular weight excluding hydrogens is 284 g/mol. The topological polar surface area (TPSA) is 92.5 Å². The normalized spacial score (nSPS) is 12.2. The van der Waals surface area contributed by atoms with E-state index in [0.29, 0.717) is 12.3 Å². The fourth-order valence-corrected chi connectivity index (χ4v) is 2.00. The molecular formula is C13H17ClN2O4. The molecule has 0 spiro atoms. The highest BCUT2D eigenvalue weighted by molar-refractivity contribution is 6.34. The van der Waals surface area contributed by atoms with Crippen LogP contribution >= 0.6 is 11.6 Å². The van der Waals surface area contributed by atoms with Crippen molar-refractivity contribution in [1.82, 2.24) is 5.32 Å². The smallest absolute Gasteiger partial charge is 0.270 e. The fourth-order valence-electron chi connectivity index (χ4n) is 1.73. The van der Waals surface area contributed by atoms with Gasteiger partial charge in [0.2, 0.25) is 0 Å². The zero-order valence-electron chi connectivity index (χ0n) is 11.3. The molecule has 1 atom stereocenters. The van der Waals surface area contributed by atoms with Crippen LogP contribution in [0.5, 0.6) is 0 Å². The molecule has 2 N–H and O–H groups in total. The Morgan fingerprint density at radius 1 is 1.50 bits per heavy atom. The lowest BCUT2D eigenvalue weighted by Crippen LogP contribution is -2.32. The first-order valence-corrected chi connectivity index (χ1v) is 6.59. The number of hydrogen-bond donors (Lipinski definition) is 2. The van der Waals surface area contributed by atoms with Crippen LogP contribution in [0.25, 0.3) is 0 Å². The highest BCUT2D eigenvalue weighted by atomic mass is 35.5. The van der Waals surface area contributed by atoms with E-state index in [4.69, 9.17) is 11.6 Å². The number of hydrogen-bond acceptors (Lipinski definition) is 4. The summed E-state index contributed by atoms with van der Waals surface area (Å²) in [6, 6.07) is 3.64. The van der Waals surface area contributed by atoms with Crippen LogP contribution in [0.4, 0.5) is 5.69 Å². The van der Waals surface area contributed by atoms with Gasteiger partial charge in [-0.25, -0.2) is 0 Å². The van der Waals surface area contributed by atoms with Gasteiger partial charge in [0.1, 0.15) is 0 Å². The predicted octanol–water partition coefficient (Wildman–Crippen LogP) is 2.39. The van der Waals surface area contributed by atoms with Gasteiger partial charge in [-0.2, -0.15) is 0 Å². The summed E-state index contributed by atoms with van der Waals surface area (Å²) in [6.07, 6.45) is -0.0513. The Morgan fingerprint density at radius 2 is 2.15 bits per heavy atom. The molecule has 0 aliphatic heterocycles. The Hall–Kier alpha value is -1.66. The average molecular weight is 301 g/mol. The van der Waals surface area contributed by atoms with Crippen molar-refractivity contribution in [3.05, 3.63) is 38.9 Å². The molecule has 1 rings (SSSR count). The Morgan fingerprint density at radius 3 is 2.65 bits per heavy atom. The number of nitro benzene ring substituents is 1. The summed E-state index contributed by atoms with van der Waals surface area (Å²) in [5.41, 5.74) is -0.0274. The summed E-state index contributed by atoms with van der Waals surface area (Å²) in [6.45, 7) is 4.06. The monoisotopic (exact) mass is 300 g/mol. The lowest BCUT2D eigenvalue weighted by molar-refractivity contribution is -0.384. The summed E-state index contributed by atoms with van der Waals surface area (Å²) in [7, 11) is 0. The van der Waals surface area contributed by atoms with Crippen LogP contribution in [0.15, 0.2) is 18.2 Å². The van der Waals surface area contributed by atoms with Crippen molar-refractivity contribution in [2.24, 2.45) is 5.92 Å². The van der Waals surface area contributed by atoms with Crippen LogP contribution in [0.1, 0.15) is 30.6 Å². The molecule has 0 saturated carbocycles. The van der Waals surface area contributed by atoms with E-state index >= 15 is 0 Å². The van der Waals surface area contributed by atoms with Crippen LogP contribution in [0.3, 0.4) is 0 Å². The van der Waals surface area contributed by atoms with Gasteiger partial charge in [0.05, 0.1) is 21.6 Å². The maximum atomic E-state index is 11.9. The van der Waals surface area contributed by atoms with Gasteiger partial charge in [0, 0.05) is 18.7 Å². The molecule has 1 aromatic rings. The van der Waals surface area contributed by atoms with E-state index in [-0.39, 0.29) is 22.8 Å². The standard InChI is InChI=1S/C13H17ClN2O4/c1-8(2)5-10(17)7-15-13(18)11-4-3-9(16(19)20)6-12(11)14/h3-4,6,8,10,17H,5,7H2,1-2H3,(H,15,18). The number of nitrogens with one attached hydrogen (secondary N) is 1. The minimum atomic E-state index is -0.629. The fraction of sp³-hybridized carbons (Fsp3) is 0.462. The van der Waals surface area contributed by atoms with Crippen molar-refractivity contribution in [3.63, 3.8) is 0 Å². The molecule has 110 valence electrons. The van der Waals surface area contributed by atoms with Gasteiger partial charge in [0.15, 0.2) is 0 Å². The van der Waals surface area contributed by atoms with Crippen LogP contribution in [0, 0.1) is 16.0 Å². The number of rotatable bonds is 6. The Labute approximate surface area is 121 Å². The molecule has 0 aliphatic carbocycles. The molecule has 0 bridgehead atoms. The third kappa shape index (κ3) is 4.79. The van der Waals surface area contributed by atoms with Gasteiger partial charge in [-0.15, -0.1) is 0 Å². The Bertz CT molecular complexity index is 505. The number of carbonyl (C=O) groups excluding carboxylic acids is 1. The predicted molar refractivity (Wildman–Crippen MR) is 75.9 cm³/mol. The minimum Gasteiger partial charge on any atom is -0.391 e. The number of carbonyl (C=O) groups is 1. The lowest BCUT2D eigenvalue weighted by Gasteiger charge is -2.14. The van der Waals surface area contributed by atoms with E-state index in [1.165, 1.54) is 12.1 Å². The summed E-state index contributed by atoms with van der Waals surface area (Å²) in [4.78, 5) is 21.8. The van der Waals surface area contributed by atoms with Gasteiger partial charge in [0.25, 0.3) is 11.6 Å². The first-order valence-electron chi connectivity index (χ1n) is 6.21. The van der Waals surface area contributed by atoms with Crippen LogP contribution in [0.2, 0.25) is 5.02 Å². The van der Waals surface area contributed by atoms with Gasteiger partial charge >= 0.3 is 0 Å². The first-order chi connectivity index (χ1) is 9.31. The number of halogens is 1. The molecule has 0 aliphatic rings. The second kappa shape index (κ2) is 7.21. The largest absolute Gasteiger partial charge is 0.391 e. The third-order valence-corrected chi connectivity index (χ3v) is 2.96. The second-order valence-electron chi connectivity index (χ2n) is 4.91. The van der Waals surface area contributed by atoms with Crippen LogP contribution in [-0.4, -0.2) is 28.6 Å². The van der Waals surface area contributed by atoms with E-state index < -0.39 is 16.9 Å². The molecule has 6 nitrogen and oxygen atoms in total. The van der Waals surface area contributed by atoms with Crippen molar-refractivity contribution in [3.8, 4) is 0 Å². The highest BCUT2D eigenvalue weighted by Gasteiger charge is 2.16. The van der Waals surface area contributed by atoms with Crippen molar-refractivity contribution in [2.75, 3.05) is 6.54 Å².